The molecule has 2 fully saturated rings. The van der Waals surface area contributed by atoms with E-state index in [1.807, 2.05) is 18.7 Å². The Morgan fingerprint density at radius 1 is 1.02 bits per heavy atom. The van der Waals surface area contributed by atoms with E-state index in [1.165, 1.54) is 30.5 Å². The van der Waals surface area contributed by atoms with Crippen LogP contribution in [0.1, 0.15) is 114 Å². The van der Waals surface area contributed by atoms with Gasteiger partial charge in [-0.15, -0.1) is 0 Å². The van der Waals surface area contributed by atoms with Crippen LogP contribution in [-0.2, 0) is 15.0 Å². The average Bonchev–Trinajstić information content (AvgIpc) is 3.49. The number of benzene rings is 2. The first-order valence-electron chi connectivity index (χ1n) is 15.8. The van der Waals surface area contributed by atoms with E-state index in [2.05, 4.69) is 63.9 Å². The molecule has 0 saturated carbocycles. The highest BCUT2D eigenvalue weighted by Crippen LogP contribution is 2.52. The summed E-state index contributed by atoms with van der Waals surface area (Å²) in [6, 6.07) is 9.01. The van der Waals surface area contributed by atoms with Gasteiger partial charge in [-0.1, -0.05) is 25.1 Å². The van der Waals surface area contributed by atoms with Crippen molar-refractivity contribution in [2.45, 2.75) is 117 Å². The van der Waals surface area contributed by atoms with Crippen molar-refractivity contribution in [3.63, 3.8) is 0 Å². The first-order chi connectivity index (χ1) is 20.1. The molecule has 0 aromatic heterocycles. The Balaban J connectivity index is 0.000000195. The van der Waals surface area contributed by atoms with Gasteiger partial charge in [-0.05, 0) is 126 Å². The van der Waals surface area contributed by atoms with E-state index in [-0.39, 0.29) is 23.4 Å². The molecule has 2 heterocycles. The van der Waals surface area contributed by atoms with Crippen LogP contribution in [0.3, 0.4) is 0 Å². The Morgan fingerprint density at radius 2 is 1.65 bits per heavy atom. The molecule has 2 aromatic rings. The summed E-state index contributed by atoms with van der Waals surface area (Å²) >= 11 is 0. The number of nitrogens with one attached hydrogen (secondary N) is 1. The molecular weight excluding hydrogens is 544 g/mol. The molecule has 7 heteroatoms. The number of carbonyl (C=O) groups excluding carboxylic acids is 2. The molecular formula is C36H53F2N3O2. The summed E-state index contributed by atoms with van der Waals surface area (Å²) in [5.74, 6) is -0.0235. The van der Waals surface area contributed by atoms with Gasteiger partial charge in [0, 0.05) is 50.1 Å². The normalized spacial score (nSPS) is 21.1. The lowest BCUT2D eigenvalue weighted by Gasteiger charge is -2.39. The summed E-state index contributed by atoms with van der Waals surface area (Å²) in [4.78, 5) is 25.3. The van der Waals surface area contributed by atoms with Gasteiger partial charge in [-0.25, -0.2) is 8.78 Å². The second-order valence-corrected chi connectivity index (χ2v) is 14.2. The first-order valence-corrected chi connectivity index (χ1v) is 15.8. The third-order valence-electron chi connectivity index (χ3n) is 9.40. The van der Waals surface area contributed by atoms with Crippen molar-refractivity contribution >= 4 is 12.3 Å². The van der Waals surface area contributed by atoms with Gasteiger partial charge in [-0.2, -0.15) is 0 Å². The number of aryl methyl sites for hydroxylation is 2. The molecule has 2 unspecified atom stereocenters. The fraction of sp³-hybridized carbons (Fsp3) is 0.611. The van der Waals surface area contributed by atoms with Crippen molar-refractivity contribution < 1.29 is 18.4 Å². The molecule has 1 N–H and O–H groups in total. The summed E-state index contributed by atoms with van der Waals surface area (Å²) < 4.78 is 26.5. The van der Waals surface area contributed by atoms with Gasteiger partial charge in [0.05, 0.1) is 0 Å². The van der Waals surface area contributed by atoms with Gasteiger partial charge < -0.3 is 10.2 Å². The number of halogens is 2. The van der Waals surface area contributed by atoms with E-state index in [0.29, 0.717) is 16.9 Å². The standard InChI is InChI=1S/C17H23NO.C14H19F2N.C5H11NO/c1-12-8-15-14(3)10-17(16(15)9-13(12)2)4-6-18(11-19)7-5-17;1-14(2,3)17-7-6-10(9-17)12-5-4-11(15)8-13(12)16;1-4(2)6-5(3)7/h8-9,11,14H,4-7,10H2,1-3H3;4-5,8,10H,6-7,9H2,1-3H3;4H,1-3H3,(H,6,7). The van der Waals surface area contributed by atoms with Crippen LogP contribution in [0.25, 0.3) is 0 Å². The second kappa shape index (κ2) is 14.3. The van der Waals surface area contributed by atoms with Crippen LogP contribution < -0.4 is 5.32 Å². The molecule has 1 aliphatic carbocycles. The minimum atomic E-state index is -0.503. The maximum Gasteiger partial charge on any atom is 0.217 e. The van der Waals surface area contributed by atoms with Gasteiger partial charge in [-0.3, -0.25) is 14.5 Å². The lowest BCUT2D eigenvalue weighted by Crippen LogP contribution is -2.40. The summed E-state index contributed by atoms with van der Waals surface area (Å²) in [6.07, 6.45) is 5.47. The second-order valence-electron chi connectivity index (χ2n) is 14.2. The van der Waals surface area contributed by atoms with E-state index in [4.69, 9.17) is 0 Å². The fourth-order valence-electron chi connectivity index (χ4n) is 6.90. The first kappa shape index (κ1) is 34.7. The molecule has 5 rings (SSSR count). The minimum Gasteiger partial charge on any atom is -0.354 e. The van der Waals surface area contributed by atoms with E-state index in [0.717, 1.165) is 57.9 Å². The Hall–Kier alpha value is -2.80. The van der Waals surface area contributed by atoms with Crippen molar-refractivity contribution in [1.82, 2.24) is 15.1 Å². The van der Waals surface area contributed by atoms with Crippen LogP contribution >= 0.6 is 0 Å². The van der Waals surface area contributed by atoms with Gasteiger partial charge in [0.25, 0.3) is 0 Å². The summed E-state index contributed by atoms with van der Waals surface area (Å²) in [7, 11) is 0. The number of likely N-dealkylation sites (tertiary alicyclic amines) is 2. The van der Waals surface area contributed by atoms with Gasteiger partial charge in [0.1, 0.15) is 11.6 Å². The fourth-order valence-corrected chi connectivity index (χ4v) is 6.90. The number of carbonyl (C=O) groups is 2. The Labute approximate surface area is 258 Å². The topological polar surface area (TPSA) is 52.7 Å². The molecule has 5 nitrogen and oxygen atoms in total. The van der Waals surface area contributed by atoms with Crippen molar-refractivity contribution in [3.05, 3.63) is 69.8 Å². The van der Waals surface area contributed by atoms with Crippen molar-refractivity contribution in [2.24, 2.45) is 0 Å². The molecule has 2 aliphatic heterocycles. The molecule has 2 amide bonds. The third-order valence-corrected chi connectivity index (χ3v) is 9.40. The molecule has 1 spiro atoms. The molecule has 43 heavy (non-hydrogen) atoms. The van der Waals surface area contributed by atoms with Crippen LogP contribution in [0, 0.1) is 25.5 Å². The zero-order valence-corrected chi connectivity index (χ0v) is 27.8. The molecule has 2 aromatic carbocycles. The Bertz CT molecular complexity index is 1260. The molecule has 238 valence electrons. The van der Waals surface area contributed by atoms with Crippen molar-refractivity contribution in [2.75, 3.05) is 26.2 Å². The lowest BCUT2D eigenvalue weighted by molar-refractivity contribution is -0.120. The number of fused-ring (bicyclic) bond motifs is 2. The Kier molecular flexibility index (Phi) is 11.6. The number of hydrogen-bond acceptors (Lipinski definition) is 3. The maximum atomic E-state index is 13.7. The van der Waals surface area contributed by atoms with E-state index in [9.17, 15) is 18.4 Å². The third kappa shape index (κ3) is 8.87. The van der Waals surface area contributed by atoms with Gasteiger partial charge >= 0.3 is 0 Å². The zero-order chi connectivity index (χ0) is 32.1. The molecule has 2 saturated heterocycles. The predicted octanol–water partition coefficient (Wildman–Crippen LogP) is 7.38. The van der Waals surface area contributed by atoms with Gasteiger partial charge in [0.15, 0.2) is 0 Å². The molecule has 0 bridgehead atoms. The molecule has 3 aliphatic rings. The number of hydrogen-bond donors (Lipinski definition) is 1. The van der Waals surface area contributed by atoms with Crippen molar-refractivity contribution in [3.8, 4) is 0 Å². The molecule has 2 atom stereocenters. The highest BCUT2D eigenvalue weighted by Gasteiger charge is 2.44. The van der Waals surface area contributed by atoms with Crippen LogP contribution in [0.4, 0.5) is 8.78 Å². The quantitative estimate of drug-likeness (QED) is 0.376. The zero-order valence-electron chi connectivity index (χ0n) is 27.8. The van der Waals surface area contributed by atoms with E-state index < -0.39 is 11.6 Å². The predicted molar refractivity (Wildman–Crippen MR) is 171 cm³/mol. The summed E-state index contributed by atoms with van der Waals surface area (Å²) in [5.41, 5.74) is 7.06. The van der Waals surface area contributed by atoms with E-state index in [1.54, 1.807) is 17.2 Å². The van der Waals surface area contributed by atoms with Crippen LogP contribution in [-0.4, -0.2) is 59.9 Å². The van der Waals surface area contributed by atoms with Crippen molar-refractivity contribution in [1.29, 1.82) is 0 Å². The van der Waals surface area contributed by atoms with Gasteiger partial charge in [0.2, 0.25) is 12.3 Å². The summed E-state index contributed by atoms with van der Waals surface area (Å²) in [6.45, 7) is 22.3. The van der Waals surface area contributed by atoms with Crippen LogP contribution in [0.15, 0.2) is 30.3 Å². The SMILES string of the molecule is CC(=O)NC(C)C.CC(C)(C)N1CCC(c2ccc(F)cc2F)C1.Cc1cc2c(cc1C)C1(CCN(C=O)CC1)CC2C. The highest BCUT2D eigenvalue weighted by atomic mass is 19.1. The molecule has 0 radical (unpaired) electrons. The monoisotopic (exact) mass is 597 g/mol. The smallest absolute Gasteiger partial charge is 0.217 e. The average molecular weight is 598 g/mol. The largest absolute Gasteiger partial charge is 0.354 e. The lowest BCUT2D eigenvalue weighted by atomic mass is 9.73. The number of rotatable bonds is 3. The minimum absolute atomic E-state index is 0.0370. The number of piperidine rings is 1. The number of nitrogens with zero attached hydrogens (tertiary/aromatic N) is 2. The number of amides is 2. The Morgan fingerprint density at radius 3 is 2.14 bits per heavy atom. The maximum absolute atomic E-state index is 13.7. The highest BCUT2D eigenvalue weighted by molar-refractivity contribution is 5.73. The summed E-state index contributed by atoms with van der Waals surface area (Å²) in [5, 5.41) is 2.67. The van der Waals surface area contributed by atoms with Crippen LogP contribution in [0.5, 0.6) is 0 Å². The van der Waals surface area contributed by atoms with Crippen LogP contribution in [0.2, 0.25) is 0 Å². The van der Waals surface area contributed by atoms with E-state index >= 15 is 0 Å².